The minimum absolute atomic E-state index is 0.834. The molecule has 1 saturated heterocycles. The standard InChI is InChI=1S/C11H23N/c1-3-4-5-6-11-9-10(2)7-8-12-11/h10-12H,3-9H2,1-2H3. The van der Waals surface area contributed by atoms with Crippen LogP contribution in [0.3, 0.4) is 0 Å². The van der Waals surface area contributed by atoms with Crippen molar-refractivity contribution >= 4 is 0 Å². The van der Waals surface area contributed by atoms with Crippen LogP contribution in [-0.4, -0.2) is 12.6 Å². The molecule has 1 rings (SSSR count). The van der Waals surface area contributed by atoms with Gasteiger partial charge in [0.05, 0.1) is 0 Å². The molecule has 0 aromatic rings. The molecular weight excluding hydrogens is 146 g/mol. The van der Waals surface area contributed by atoms with E-state index in [4.69, 9.17) is 0 Å². The third-order valence-electron chi connectivity index (χ3n) is 2.91. The molecule has 2 atom stereocenters. The summed E-state index contributed by atoms with van der Waals surface area (Å²) in [4.78, 5) is 0. The number of hydrogen-bond donors (Lipinski definition) is 1. The predicted molar refractivity (Wildman–Crippen MR) is 54.3 cm³/mol. The zero-order valence-corrected chi connectivity index (χ0v) is 8.60. The first kappa shape index (κ1) is 10.0. The predicted octanol–water partition coefficient (Wildman–Crippen LogP) is 2.95. The highest BCUT2D eigenvalue weighted by atomic mass is 14.9. The van der Waals surface area contributed by atoms with E-state index in [0.29, 0.717) is 0 Å². The van der Waals surface area contributed by atoms with E-state index in [1.807, 2.05) is 0 Å². The van der Waals surface area contributed by atoms with Gasteiger partial charge < -0.3 is 5.32 Å². The summed E-state index contributed by atoms with van der Waals surface area (Å²) in [6.07, 6.45) is 8.36. The summed E-state index contributed by atoms with van der Waals surface area (Å²) in [6, 6.07) is 0.834. The molecule has 1 heteroatoms. The fourth-order valence-electron chi connectivity index (χ4n) is 2.08. The maximum absolute atomic E-state index is 3.61. The molecule has 0 bridgehead atoms. The van der Waals surface area contributed by atoms with Crippen molar-refractivity contribution < 1.29 is 0 Å². The molecule has 2 unspecified atom stereocenters. The highest BCUT2D eigenvalue weighted by molar-refractivity contribution is 4.75. The lowest BCUT2D eigenvalue weighted by molar-refractivity contribution is 0.302. The van der Waals surface area contributed by atoms with Crippen molar-refractivity contribution in [2.75, 3.05) is 6.54 Å². The largest absolute Gasteiger partial charge is 0.314 e. The van der Waals surface area contributed by atoms with Crippen LogP contribution >= 0.6 is 0 Å². The fraction of sp³-hybridized carbons (Fsp3) is 1.00. The minimum atomic E-state index is 0.834. The van der Waals surface area contributed by atoms with Crippen LogP contribution in [0.4, 0.5) is 0 Å². The second-order valence-corrected chi connectivity index (χ2v) is 4.28. The first-order valence-electron chi connectivity index (χ1n) is 5.56. The van der Waals surface area contributed by atoms with E-state index in [-0.39, 0.29) is 0 Å². The number of unbranched alkanes of at least 4 members (excludes halogenated alkanes) is 2. The molecule has 0 amide bonds. The molecular formula is C11H23N. The number of piperidine rings is 1. The van der Waals surface area contributed by atoms with E-state index in [2.05, 4.69) is 19.2 Å². The van der Waals surface area contributed by atoms with Gasteiger partial charge in [-0.3, -0.25) is 0 Å². The Hall–Kier alpha value is -0.0400. The lowest BCUT2D eigenvalue weighted by atomic mass is 9.91. The summed E-state index contributed by atoms with van der Waals surface area (Å²) in [5.74, 6) is 0.956. The van der Waals surface area contributed by atoms with Crippen LogP contribution in [0, 0.1) is 5.92 Å². The fourth-order valence-corrected chi connectivity index (χ4v) is 2.08. The zero-order valence-electron chi connectivity index (χ0n) is 8.60. The SMILES string of the molecule is CCCCCC1CC(C)CCN1. The Morgan fingerprint density at radius 2 is 2.17 bits per heavy atom. The molecule has 0 aliphatic carbocycles. The van der Waals surface area contributed by atoms with Gasteiger partial charge in [-0.05, 0) is 31.7 Å². The van der Waals surface area contributed by atoms with Crippen LogP contribution < -0.4 is 5.32 Å². The molecule has 0 aromatic heterocycles. The summed E-state index contributed by atoms with van der Waals surface area (Å²) in [7, 11) is 0. The normalized spacial score (nSPS) is 30.5. The molecule has 1 aliphatic heterocycles. The van der Waals surface area contributed by atoms with Crippen LogP contribution in [0.5, 0.6) is 0 Å². The maximum Gasteiger partial charge on any atom is 0.00696 e. The topological polar surface area (TPSA) is 12.0 Å². The average Bonchev–Trinajstić information content (AvgIpc) is 2.05. The van der Waals surface area contributed by atoms with Gasteiger partial charge in [0.1, 0.15) is 0 Å². The van der Waals surface area contributed by atoms with Crippen molar-refractivity contribution in [2.24, 2.45) is 5.92 Å². The monoisotopic (exact) mass is 169 g/mol. The van der Waals surface area contributed by atoms with Crippen molar-refractivity contribution in [1.29, 1.82) is 0 Å². The van der Waals surface area contributed by atoms with Gasteiger partial charge in [0.15, 0.2) is 0 Å². The van der Waals surface area contributed by atoms with Crippen molar-refractivity contribution in [1.82, 2.24) is 5.32 Å². The summed E-state index contributed by atoms with van der Waals surface area (Å²) < 4.78 is 0. The van der Waals surface area contributed by atoms with Crippen LogP contribution in [0.15, 0.2) is 0 Å². The molecule has 0 aromatic carbocycles. The molecule has 0 saturated carbocycles. The second kappa shape index (κ2) is 5.58. The van der Waals surface area contributed by atoms with E-state index in [0.717, 1.165) is 12.0 Å². The zero-order chi connectivity index (χ0) is 8.81. The molecule has 1 heterocycles. The molecule has 1 N–H and O–H groups in total. The van der Waals surface area contributed by atoms with E-state index in [1.54, 1.807) is 0 Å². The first-order valence-corrected chi connectivity index (χ1v) is 5.56. The summed E-state index contributed by atoms with van der Waals surface area (Å²) in [5.41, 5.74) is 0. The molecule has 12 heavy (non-hydrogen) atoms. The lowest BCUT2D eigenvalue weighted by Gasteiger charge is -2.28. The number of nitrogens with one attached hydrogen (secondary N) is 1. The van der Waals surface area contributed by atoms with Gasteiger partial charge in [-0.2, -0.15) is 0 Å². The van der Waals surface area contributed by atoms with Crippen LogP contribution in [-0.2, 0) is 0 Å². The molecule has 1 fully saturated rings. The van der Waals surface area contributed by atoms with Crippen molar-refractivity contribution in [3.8, 4) is 0 Å². The van der Waals surface area contributed by atoms with E-state index >= 15 is 0 Å². The number of rotatable bonds is 4. The van der Waals surface area contributed by atoms with Gasteiger partial charge in [-0.15, -0.1) is 0 Å². The van der Waals surface area contributed by atoms with Gasteiger partial charge in [-0.25, -0.2) is 0 Å². The maximum atomic E-state index is 3.61. The Morgan fingerprint density at radius 3 is 2.83 bits per heavy atom. The van der Waals surface area contributed by atoms with Gasteiger partial charge in [0.25, 0.3) is 0 Å². The smallest absolute Gasteiger partial charge is 0.00696 e. The first-order chi connectivity index (χ1) is 5.83. The van der Waals surface area contributed by atoms with Gasteiger partial charge in [0, 0.05) is 6.04 Å². The molecule has 1 aliphatic rings. The van der Waals surface area contributed by atoms with Crippen LogP contribution in [0.1, 0.15) is 52.4 Å². The minimum Gasteiger partial charge on any atom is -0.314 e. The molecule has 1 nitrogen and oxygen atoms in total. The highest BCUT2D eigenvalue weighted by Crippen LogP contribution is 2.18. The lowest BCUT2D eigenvalue weighted by Crippen LogP contribution is -2.37. The summed E-state index contributed by atoms with van der Waals surface area (Å²) in [6.45, 7) is 5.91. The van der Waals surface area contributed by atoms with Crippen LogP contribution in [0.2, 0.25) is 0 Å². The Kier molecular flexibility index (Phi) is 4.67. The summed E-state index contributed by atoms with van der Waals surface area (Å²) >= 11 is 0. The van der Waals surface area contributed by atoms with E-state index in [9.17, 15) is 0 Å². The molecule has 0 spiro atoms. The summed E-state index contributed by atoms with van der Waals surface area (Å²) in [5, 5.41) is 3.61. The van der Waals surface area contributed by atoms with Gasteiger partial charge >= 0.3 is 0 Å². The van der Waals surface area contributed by atoms with Gasteiger partial charge in [-0.1, -0.05) is 33.1 Å². The Bertz CT molecular complexity index is 112. The average molecular weight is 169 g/mol. The Balaban J connectivity index is 2.06. The molecule has 72 valence electrons. The third-order valence-corrected chi connectivity index (χ3v) is 2.91. The van der Waals surface area contributed by atoms with Crippen molar-refractivity contribution in [2.45, 2.75) is 58.4 Å². The second-order valence-electron chi connectivity index (χ2n) is 4.28. The van der Waals surface area contributed by atoms with Gasteiger partial charge in [0.2, 0.25) is 0 Å². The van der Waals surface area contributed by atoms with E-state index in [1.165, 1.54) is 45.1 Å². The Morgan fingerprint density at radius 1 is 1.33 bits per heavy atom. The van der Waals surface area contributed by atoms with E-state index < -0.39 is 0 Å². The van der Waals surface area contributed by atoms with Crippen LogP contribution in [0.25, 0.3) is 0 Å². The quantitative estimate of drug-likeness (QED) is 0.638. The number of hydrogen-bond acceptors (Lipinski definition) is 1. The van der Waals surface area contributed by atoms with Crippen molar-refractivity contribution in [3.05, 3.63) is 0 Å². The highest BCUT2D eigenvalue weighted by Gasteiger charge is 2.16. The Labute approximate surface area is 76.9 Å². The van der Waals surface area contributed by atoms with Crippen molar-refractivity contribution in [3.63, 3.8) is 0 Å². The molecule has 0 radical (unpaired) electrons. The third kappa shape index (κ3) is 3.57.